The fourth-order valence-electron chi connectivity index (χ4n) is 2.50. The Balaban J connectivity index is 0.00000121. The maximum absolute atomic E-state index is 6.12. The van der Waals surface area contributed by atoms with E-state index in [1.807, 2.05) is 42.6 Å². The zero-order chi connectivity index (χ0) is 16.4. The van der Waals surface area contributed by atoms with Gasteiger partial charge in [-0.05, 0) is 23.8 Å². The number of hydrogen-bond acceptors (Lipinski definition) is 4. The molecule has 0 amide bonds. The minimum atomic E-state index is 0. The Morgan fingerprint density at radius 2 is 1.81 bits per heavy atom. The molecule has 0 bridgehead atoms. The fraction of sp³-hybridized carbons (Fsp3) is 0.0556. The highest BCUT2D eigenvalue weighted by molar-refractivity contribution is 6.31. The molecule has 0 radical (unpaired) electrons. The van der Waals surface area contributed by atoms with Gasteiger partial charge in [0.2, 0.25) is 5.95 Å². The van der Waals surface area contributed by atoms with E-state index in [1.165, 1.54) is 5.56 Å². The lowest BCUT2D eigenvalue weighted by Gasteiger charge is -2.11. The summed E-state index contributed by atoms with van der Waals surface area (Å²) in [7, 11) is 0. The van der Waals surface area contributed by atoms with Gasteiger partial charge in [0.25, 0.3) is 0 Å². The Bertz CT molecular complexity index is 975. The Labute approximate surface area is 168 Å². The zero-order valence-electron chi connectivity index (χ0n) is 13.5. The van der Waals surface area contributed by atoms with Crippen molar-refractivity contribution >= 4 is 53.1 Å². The molecule has 0 aliphatic carbocycles. The smallest absolute Gasteiger partial charge is 0.237 e. The van der Waals surface area contributed by atoms with Crippen LogP contribution in [-0.4, -0.2) is 19.5 Å². The van der Waals surface area contributed by atoms with Gasteiger partial charge >= 0.3 is 0 Å². The molecule has 4 rings (SSSR count). The molecule has 0 saturated heterocycles. The minimum Gasteiger partial charge on any atom is -0.365 e. The van der Waals surface area contributed by atoms with Crippen LogP contribution >= 0.6 is 36.4 Å². The van der Waals surface area contributed by atoms with Crippen molar-refractivity contribution in [3.8, 4) is 5.95 Å². The normalized spacial score (nSPS) is 10.0. The molecule has 134 valence electrons. The number of halogens is 3. The molecule has 0 spiro atoms. The van der Waals surface area contributed by atoms with E-state index in [0.29, 0.717) is 17.5 Å². The molecular weight excluding hydrogens is 393 g/mol. The van der Waals surface area contributed by atoms with E-state index in [2.05, 4.69) is 32.4 Å². The molecule has 0 fully saturated rings. The average Bonchev–Trinajstić information content (AvgIpc) is 3.14. The van der Waals surface area contributed by atoms with E-state index in [1.54, 1.807) is 17.1 Å². The van der Waals surface area contributed by atoms with Crippen molar-refractivity contribution < 1.29 is 0 Å². The van der Waals surface area contributed by atoms with Gasteiger partial charge in [0.05, 0.1) is 5.52 Å². The molecule has 0 aliphatic heterocycles. The highest BCUT2D eigenvalue weighted by Gasteiger charge is 2.09. The van der Waals surface area contributed by atoms with Crippen LogP contribution in [0.15, 0.2) is 67.3 Å². The third-order valence-electron chi connectivity index (χ3n) is 3.69. The molecule has 2 heterocycles. The highest BCUT2D eigenvalue weighted by Crippen LogP contribution is 2.25. The minimum absolute atomic E-state index is 0. The standard InChI is InChI=1S/C18H14ClN5.2ClH/c19-14-6-7-15-16(10-14)22-18(24-9-8-20-12-24)23-17(15)21-11-13-4-2-1-3-5-13;;/h1-10,12H,11H2,(H,21,22,23);2*1H. The van der Waals surface area contributed by atoms with Crippen LogP contribution in [0.3, 0.4) is 0 Å². The van der Waals surface area contributed by atoms with Gasteiger partial charge in [0.1, 0.15) is 12.1 Å². The molecule has 4 aromatic rings. The molecule has 0 atom stereocenters. The number of nitrogens with one attached hydrogen (secondary N) is 1. The second-order valence-electron chi connectivity index (χ2n) is 5.34. The molecule has 2 aromatic carbocycles. The van der Waals surface area contributed by atoms with E-state index in [0.717, 1.165) is 16.7 Å². The average molecular weight is 409 g/mol. The van der Waals surface area contributed by atoms with Gasteiger partial charge in [-0.2, -0.15) is 4.98 Å². The summed E-state index contributed by atoms with van der Waals surface area (Å²) >= 11 is 6.12. The van der Waals surface area contributed by atoms with Crippen LogP contribution in [0.4, 0.5) is 5.82 Å². The first kappa shape index (κ1) is 20.0. The van der Waals surface area contributed by atoms with Crippen molar-refractivity contribution in [2.45, 2.75) is 6.54 Å². The quantitative estimate of drug-likeness (QED) is 0.520. The summed E-state index contributed by atoms with van der Waals surface area (Å²) in [5.74, 6) is 1.32. The number of rotatable bonds is 4. The van der Waals surface area contributed by atoms with Crippen molar-refractivity contribution in [1.29, 1.82) is 0 Å². The summed E-state index contributed by atoms with van der Waals surface area (Å²) in [5.41, 5.74) is 1.97. The lowest BCUT2D eigenvalue weighted by Crippen LogP contribution is -2.06. The lowest BCUT2D eigenvalue weighted by atomic mass is 10.2. The second-order valence-corrected chi connectivity index (χ2v) is 5.78. The molecule has 0 unspecified atom stereocenters. The molecule has 5 nitrogen and oxygen atoms in total. The van der Waals surface area contributed by atoms with Crippen LogP contribution in [0.25, 0.3) is 16.9 Å². The van der Waals surface area contributed by atoms with E-state index in [4.69, 9.17) is 11.6 Å². The number of fused-ring (bicyclic) bond motifs is 1. The van der Waals surface area contributed by atoms with E-state index in [-0.39, 0.29) is 24.8 Å². The van der Waals surface area contributed by atoms with Gasteiger partial charge in [-0.3, -0.25) is 4.57 Å². The third kappa shape index (κ3) is 4.25. The van der Waals surface area contributed by atoms with Gasteiger partial charge in [-0.25, -0.2) is 9.97 Å². The maximum Gasteiger partial charge on any atom is 0.237 e. The SMILES string of the molecule is Cl.Cl.Clc1ccc2c(NCc3ccccc3)nc(-n3ccnc3)nc2c1. The predicted molar refractivity (Wildman–Crippen MR) is 110 cm³/mol. The van der Waals surface area contributed by atoms with Gasteiger partial charge in [0, 0.05) is 29.3 Å². The third-order valence-corrected chi connectivity index (χ3v) is 3.92. The molecule has 0 saturated carbocycles. The molecule has 8 heteroatoms. The molecule has 1 N–H and O–H groups in total. The number of anilines is 1. The Kier molecular flexibility index (Phi) is 6.80. The van der Waals surface area contributed by atoms with Crippen LogP contribution in [0, 0.1) is 0 Å². The van der Waals surface area contributed by atoms with Crippen molar-refractivity contribution in [2.24, 2.45) is 0 Å². The van der Waals surface area contributed by atoms with Crippen molar-refractivity contribution in [3.63, 3.8) is 0 Å². The van der Waals surface area contributed by atoms with Crippen LogP contribution in [0.1, 0.15) is 5.56 Å². The van der Waals surface area contributed by atoms with E-state index >= 15 is 0 Å². The van der Waals surface area contributed by atoms with Crippen LogP contribution in [0.2, 0.25) is 5.02 Å². The number of imidazole rings is 1. The summed E-state index contributed by atoms with van der Waals surface area (Å²) in [6.07, 6.45) is 5.18. The predicted octanol–water partition coefficient (Wildman–Crippen LogP) is 4.92. The Morgan fingerprint density at radius 1 is 1.00 bits per heavy atom. The Hall–Kier alpha value is -2.34. The molecule has 26 heavy (non-hydrogen) atoms. The van der Waals surface area contributed by atoms with Gasteiger partial charge in [-0.1, -0.05) is 41.9 Å². The van der Waals surface area contributed by atoms with E-state index in [9.17, 15) is 0 Å². The van der Waals surface area contributed by atoms with Crippen LogP contribution in [0.5, 0.6) is 0 Å². The Morgan fingerprint density at radius 3 is 2.54 bits per heavy atom. The summed E-state index contributed by atoms with van der Waals surface area (Å²) < 4.78 is 1.77. The fourth-order valence-corrected chi connectivity index (χ4v) is 2.67. The van der Waals surface area contributed by atoms with Crippen molar-refractivity contribution in [2.75, 3.05) is 5.32 Å². The number of nitrogens with zero attached hydrogens (tertiary/aromatic N) is 4. The molecule has 0 aliphatic rings. The van der Waals surface area contributed by atoms with Crippen molar-refractivity contribution in [3.05, 3.63) is 77.8 Å². The zero-order valence-corrected chi connectivity index (χ0v) is 15.9. The first-order valence-electron chi connectivity index (χ1n) is 7.53. The monoisotopic (exact) mass is 407 g/mol. The van der Waals surface area contributed by atoms with Crippen molar-refractivity contribution in [1.82, 2.24) is 19.5 Å². The highest BCUT2D eigenvalue weighted by atomic mass is 35.5. The summed E-state index contributed by atoms with van der Waals surface area (Å²) in [5, 5.41) is 4.97. The largest absolute Gasteiger partial charge is 0.365 e. The first-order valence-corrected chi connectivity index (χ1v) is 7.91. The number of benzene rings is 2. The van der Waals surface area contributed by atoms with Gasteiger partial charge in [-0.15, -0.1) is 24.8 Å². The maximum atomic E-state index is 6.12. The van der Waals surface area contributed by atoms with Gasteiger partial charge in [0.15, 0.2) is 0 Å². The number of aromatic nitrogens is 4. The second kappa shape index (κ2) is 8.85. The lowest BCUT2D eigenvalue weighted by molar-refractivity contribution is 0.936. The summed E-state index contributed by atoms with van der Waals surface area (Å²) in [6, 6.07) is 15.8. The van der Waals surface area contributed by atoms with Crippen LogP contribution in [-0.2, 0) is 6.54 Å². The van der Waals surface area contributed by atoms with Crippen LogP contribution < -0.4 is 5.32 Å². The first-order chi connectivity index (χ1) is 11.8. The topological polar surface area (TPSA) is 55.6 Å². The number of hydrogen-bond donors (Lipinski definition) is 1. The van der Waals surface area contributed by atoms with E-state index < -0.39 is 0 Å². The van der Waals surface area contributed by atoms with Gasteiger partial charge < -0.3 is 5.32 Å². The summed E-state index contributed by atoms with van der Waals surface area (Å²) in [4.78, 5) is 13.3. The molecule has 2 aromatic heterocycles. The molecular formula is C18H16Cl3N5. The summed E-state index contributed by atoms with van der Waals surface area (Å²) in [6.45, 7) is 0.680.